The van der Waals surface area contributed by atoms with Gasteiger partial charge in [-0.15, -0.1) is 0 Å². The molecule has 0 aromatic heterocycles. The summed E-state index contributed by atoms with van der Waals surface area (Å²) in [5.41, 5.74) is 0.580. The Labute approximate surface area is 153 Å². The van der Waals surface area contributed by atoms with E-state index in [4.69, 9.17) is 9.47 Å². The smallest absolute Gasteiger partial charge is 0.308 e. The van der Waals surface area contributed by atoms with Gasteiger partial charge in [0.15, 0.2) is 0 Å². The molecule has 1 aromatic rings. The topological polar surface area (TPSA) is 76.2 Å². The van der Waals surface area contributed by atoms with Crippen LogP contribution in [0, 0.1) is 0 Å². The number of amides is 1. The highest BCUT2D eigenvalue weighted by molar-refractivity contribution is 5.94. The summed E-state index contributed by atoms with van der Waals surface area (Å²) in [5.74, 6) is -0.132. The second kappa shape index (κ2) is 9.91. The van der Waals surface area contributed by atoms with Crippen molar-refractivity contribution in [2.24, 2.45) is 0 Å². The molecule has 26 heavy (non-hydrogen) atoms. The van der Waals surface area contributed by atoms with Gasteiger partial charge in [-0.1, -0.05) is 0 Å². The molecule has 0 atom stereocenters. The summed E-state index contributed by atoms with van der Waals surface area (Å²) in [7, 11) is 0. The average Bonchev–Trinajstić information content (AvgIpc) is 2.62. The Morgan fingerprint density at radius 1 is 1.04 bits per heavy atom. The van der Waals surface area contributed by atoms with Crippen molar-refractivity contribution in [3.8, 4) is 5.75 Å². The second-order valence-corrected chi connectivity index (χ2v) is 6.16. The molecule has 1 amide bonds. The highest BCUT2D eigenvalue weighted by atomic mass is 16.5. The summed E-state index contributed by atoms with van der Waals surface area (Å²) >= 11 is 0. The average molecular weight is 362 g/mol. The zero-order chi connectivity index (χ0) is 18.9. The molecule has 1 saturated heterocycles. The van der Waals surface area contributed by atoms with Crippen LogP contribution in [0.5, 0.6) is 5.75 Å². The van der Waals surface area contributed by atoms with Crippen LogP contribution in [0.25, 0.3) is 0 Å². The number of benzene rings is 1. The van der Waals surface area contributed by atoms with E-state index in [0.29, 0.717) is 37.4 Å². The monoisotopic (exact) mass is 362 g/mol. The molecule has 0 aliphatic carbocycles. The molecule has 142 valence electrons. The van der Waals surface area contributed by atoms with Crippen LogP contribution in [0.2, 0.25) is 0 Å². The first-order chi connectivity index (χ1) is 12.5. The Bertz CT molecular complexity index is 621. The SMILES string of the molecule is CCOC(=O)CCCN1CCN(C(=O)c2ccc(OC(C)=O)cc2)CC1. The number of carbonyl (C=O) groups excluding carboxylic acids is 3. The summed E-state index contributed by atoms with van der Waals surface area (Å²) in [6, 6.07) is 6.60. The van der Waals surface area contributed by atoms with Gasteiger partial charge in [0.05, 0.1) is 6.61 Å². The molecule has 1 aromatic carbocycles. The third kappa shape index (κ3) is 6.15. The van der Waals surface area contributed by atoms with Gasteiger partial charge in [0.25, 0.3) is 5.91 Å². The zero-order valence-corrected chi connectivity index (χ0v) is 15.4. The number of rotatable bonds is 7. The van der Waals surface area contributed by atoms with Crippen LogP contribution < -0.4 is 4.74 Å². The van der Waals surface area contributed by atoms with E-state index in [9.17, 15) is 14.4 Å². The Hall–Kier alpha value is -2.41. The van der Waals surface area contributed by atoms with E-state index < -0.39 is 0 Å². The third-order valence-corrected chi connectivity index (χ3v) is 4.18. The van der Waals surface area contributed by atoms with Gasteiger partial charge in [0.1, 0.15) is 5.75 Å². The van der Waals surface area contributed by atoms with Crippen LogP contribution in [-0.2, 0) is 14.3 Å². The van der Waals surface area contributed by atoms with Gasteiger partial charge in [-0.3, -0.25) is 19.3 Å². The fraction of sp³-hybridized carbons (Fsp3) is 0.526. The van der Waals surface area contributed by atoms with Crippen LogP contribution in [0.4, 0.5) is 0 Å². The standard InChI is InChI=1S/C19H26N2O5/c1-3-25-18(23)5-4-10-20-11-13-21(14-12-20)19(24)16-6-8-17(9-7-16)26-15(2)22/h6-9H,3-5,10-14H2,1-2H3. The van der Waals surface area contributed by atoms with Crippen molar-refractivity contribution in [1.82, 2.24) is 9.80 Å². The van der Waals surface area contributed by atoms with Crippen LogP contribution >= 0.6 is 0 Å². The van der Waals surface area contributed by atoms with E-state index in [2.05, 4.69) is 4.90 Å². The largest absolute Gasteiger partial charge is 0.466 e. The summed E-state index contributed by atoms with van der Waals surface area (Å²) in [4.78, 5) is 38.9. The Kier molecular flexibility index (Phi) is 7.59. The number of esters is 2. The van der Waals surface area contributed by atoms with Crippen molar-refractivity contribution >= 4 is 17.8 Å². The van der Waals surface area contributed by atoms with Crippen molar-refractivity contribution in [3.63, 3.8) is 0 Å². The van der Waals surface area contributed by atoms with Crippen molar-refractivity contribution in [3.05, 3.63) is 29.8 Å². The van der Waals surface area contributed by atoms with Crippen molar-refractivity contribution in [2.45, 2.75) is 26.7 Å². The van der Waals surface area contributed by atoms with Crippen LogP contribution in [0.15, 0.2) is 24.3 Å². The number of piperazine rings is 1. The number of ether oxygens (including phenoxy) is 2. The minimum atomic E-state index is -0.386. The van der Waals surface area contributed by atoms with Gasteiger partial charge in [0, 0.05) is 45.1 Å². The first-order valence-electron chi connectivity index (χ1n) is 8.95. The normalized spacial score (nSPS) is 14.8. The van der Waals surface area contributed by atoms with Gasteiger partial charge in [-0.25, -0.2) is 0 Å². The van der Waals surface area contributed by atoms with Crippen molar-refractivity contribution in [1.29, 1.82) is 0 Å². The minimum absolute atomic E-state index is 0.0226. The molecular weight excluding hydrogens is 336 g/mol. The molecule has 0 radical (unpaired) electrons. The van der Waals surface area contributed by atoms with Gasteiger partial charge in [-0.05, 0) is 44.2 Å². The number of hydrogen-bond donors (Lipinski definition) is 0. The molecule has 2 rings (SSSR count). The van der Waals surface area contributed by atoms with Gasteiger partial charge in [0.2, 0.25) is 0 Å². The lowest BCUT2D eigenvalue weighted by Crippen LogP contribution is -2.48. The molecule has 7 heteroatoms. The van der Waals surface area contributed by atoms with E-state index in [0.717, 1.165) is 26.1 Å². The molecule has 0 unspecified atom stereocenters. The second-order valence-electron chi connectivity index (χ2n) is 6.16. The maximum Gasteiger partial charge on any atom is 0.308 e. The lowest BCUT2D eigenvalue weighted by atomic mass is 10.1. The molecule has 0 N–H and O–H groups in total. The molecule has 0 saturated carbocycles. The first-order valence-corrected chi connectivity index (χ1v) is 8.95. The third-order valence-electron chi connectivity index (χ3n) is 4.18. The highest BCUT2D eigenvalue weighted by Crippen LogP contribution is 2.15. The molecule has 0 spiro atoms. The zero-order valence-electron chi connectivity index (χ0n) is 15.4. The number of carbonyl (C=O) groups is 3. The molecule has 7 nitrogen and oxygen atoms in total. The van der Waals surface area contributed by atoms with E-state index in [-0.39, 0.29) is 17.8 Å². The quantitative estimate of drug-likeness (QED) is 0.543. The van der Waals surface area contributed by atoms with Crippen LogP contribution in [0.1, 0.15) is 37.0 Å². The van der Waals surface area contributed by atoms with Gasteiger partial charge >= 0.3 is 11.9 Å². The summed E-state index contributed by atoms with van der Waals surface area (Å²) in [5, 5.41) is 0. The Balaban J connectivity index is 1.75. The molecular formula is C19H26N2O5. The predicted molar refractivity (Wildman–Crippen MR) is 96.0 cm³/mol. The van der Waals surface area contributed by atoms with Crippen LogP contribution in [0.3, 0.4) is 0 Å². The van der Waals surface area contributed by atoms with E-state index in [1.165, 1.54) is 6.92 Å². The van der Waals surface area contributed by atoms with E-state index >= 15 is 0 Å². The lowest BCUT2D eigenvalue weighted by molar-refractivity contribution is -0.143. The summed E-state index contributed by atoms with van der Waals surface area (Å²) < 4.78 is 9.90. The Morgan fingerprint density at radius 3 is 2.27 bits per heavy atom. The fourth-order valence-corrected chi connectivity index (χ4v) is 2.87. The Morgan fingerprint density at radius 2 is 1.69 bits per heavy atom. The van der Waals surface area contributed by atoms with Gasteiger partial charge < -0.3 is 14.4 Å². The highest BCUT2D eigenvalue weighted by Gasteiger charge is 2.22. The molecule has 1 heterocycles. The number of nitrogens with zero attached hydrogens (tertiary/aromatic N) is 2. The maximum atomic E-state index is 12.6. The van der Waals surface area contributed by atoms with Crippen molar-refractivity contribution in [2.75, 3.05) is 39.3 Å². The first kappa shape index (κ1) is 19.9. The number of hydrogen-bond acceptors (Lipinski definition) is 6. The summed E-state index contributed by atoms with van der Waals surface area (Å²) in [6.07, 6.45) is 1.20. The van der Waals surface area contributed by atoms with E-state index in [1.54, 1.807) is 31.2 Å². The lowest BCUT2D eigenvalue weighted by Gasteiger charge is -2.34. The molecule has 1 fully saturated rings. The minimum Gasteiger partial charge on any atom is -0.466 e. The molecule has 1 aliphatic heterocycles. The van der Waals surface area contributed by atoms with Crippen LogP contribution in [-0.4, -0.2) is 67.0 Å². The van der Waals surface area contributed by atoms with E-state index in [1.807, 2.05) is 4.90 Å². The fourth-order valence-electron chi connectivity index (χ4n) is 2.87. The molecule has 1 aliphatic rings. The maximum absolute atomic E-state index is 12.6. The molecule has 0 bridgehead atoms. The van der Waals surface area contributed by atoms with Gasteiger partial charge in [-0.2, -0.15) is 0 Å². The summed E-state index contributed by atoms with van der Waals surface area (Å²) in [6.45, 7) is 7.29. The van der Waals surface area contributed by atoms with Crippen molar-refractivity contribution < 1.29 is 23.9 Å². The predicted octanol–water partition coefficient (Wildman–Crippen LogP) is 1.71.